The summed E-state index contributed by atoms with van der Waals surface area (Å²) in [6, 6.07) is 4.38. The molecule has 5 heteroatoms. The van der Waals surface area contributed by atoms with Gasteiger partial charge in [-0.25, -0.2) is 0 Å². The second-order valence-electron chi connectivity index (χ2n) is 4.06. The van der Waals surface area contributed by atoms with E-state index in [1.165, 1.54) is 0 Å². The molecule has 0 radical (unpaired) electrons. The van der Waals surface area contributed by atoms with E-state index in [1.54, 1.807) is 4.90 Å². The fourth-order valence-electron chi connectivity index (χ4n) is 1.36. The molecule has 94 valence electrons. The van der Waals surface area contributed by atoms with E-state index in [0.717, 1.165) is 0 Å². The van der Waals surface area contributed by atoms with Gasteiger partial charge in [0.1, 0.15) is 0 Å². The van der Waals surface area contributed by atoms with Crippen LogP contribution in [0, 0.1) is 22.7 Å². The van der Waals surface area contributed by atoms with Gasteiger partial charge in [-0.05, 0) is 0 Å². The molecule has 0 saturated heterocycles. The first-order valence-corrected chi connectivity index (χ1v) is 5.86. The molecule has 0 aliphatic carbocycles. The summed E-state index contributed by atoms with van der Waals surface area (Å²) in [7, 11) is 0. The number of nitrogens with one attached hydrogen (secondary N) is 1. The fraction of sp³-hybridized carbons (Fsp3) is 0.750. The van der Waals surface area contributed by atoms with Crippen molar-refractivity contribution in [1.29, 1.82) is 10.5 Å². The van der Waals surface area contributed by atoms with E-state index >= 15 is 0 Å². The molecule has 0 saturated carbocycles. The van der Waals surface area contributed by atoms with Crippen LogP contribution in [0.5, 0.6) is 0 Å². The van der Waals surface area contributed by atoms with Gasteiger partial charge in [-0.1, -0.05) is 13.8 Å². The van der Waals surface area contributed by atoms with Crippen LogP contribution in [0.1, 0.15) is 33.1 Å². The zero-order chi connectivity index (χ0) is 13.1. The summed E-state index contributed by atoms with van der Waals surface area (Å²) < 4.78 is 0. The zero-order valence-corrected chi connectivity index (χ0v) is 10.6. The normalized spacial score (nSPS) is 9.71. The molecule has 0 aliphatic heterocycles. The van der Waals surface area contributed by atoms with Crippen molar-refractivity contribution in [3.05, 3.63) is 0 Å². The number of carbonyl (C=O) groups excluding carboxylic acids is 1. The van der Waals surface area contributed by atoms with Gasteiger partial charge in [0, 0.05) is 32.1 Å². The molecule has 17 heavy (non-hydrogen) atoms. The predicted molar refractivity (Wildman–Crippen MR) is 64.8 cm³/mol. The Morgan fingerprint density at radius 2 is 1.76 bits per heavy atom. The number of hydrogen-bond acceptors (Lipinski definition) is 4. The predicted octanol–water partition coefficient (Wildman–Crippen LogP) is 1.03. The SMILES string of the molecule is CC(C)NCCC(=O)N(CCC#N)CCC#N. The third kappa shape index (κ3) is 8.24. The highest BCUT2D eigenvalue weighted by atomic mass is 16.2. The molecular formula is C12H20N4O. The Bertz CT molecular complexity index is 283. The van der Waals surface area contributed by atoms with Crippen molar-refractivity contribution in [2.75, 3.05) is 19.6 Å². The van der Waals surface area contributed by atoms with Gasteiger partial charge >= 0.3 is 0 Å². The van der Waals surface area contributed by atoms with Crippen molar-refractivity contribution in [2.45, 2.75) is 39.2 Å². The van der Waals surface area contributed by atoms with Crippen LogP contribution in [0.25, 0.3) is 0 Å². The summed E-state index contributed by atoms with van der Waals surface area (Å²) in [6.45, 7) is 5.50. The van der Waals surface area contributed by atoms with Crippen molar-refractivity contribution in [1.82, 2.24) is 10.2 Å². The first-order chi connectivity index (χ1) is 8.11. The van der Waals surface area contributed by atoms with E-state index in [9.17, 15) is 4.79 Å². The summed E-state index contributed by atoms with van der Waals surface area (Å²) >= 11 is 0. The molecule has 0 bridgehead atoms. The number of nitrogens with zero attached hydrogens (tertiary/aromatic N) is 3. The average molecular weight is 236 g/mol. The summed E-state index contributed by atoms with van der Waals surface area (Å²) in [5.74, 6) is 0.00338. The van der Waals surface area contributed by atoms with E-state index < -0.39 is 0 Å². The minimum Gasteiger partial charge on any atom is -0.341 e. The van der Waals surface area contributed by atoms with E-state index in [1.807, 2.05) is 26.0 Å². The molecule has 5 nitrogen and oxygen atoms in total. The summed E-state index contributed by atoms with van der Waals surface area (Å²) in [5, 5.41) is 20.2. The van der Waals surface area contributed by atoms with Crippen LogP contribution in [-0.2, 0) is 4.79 Å². The van der Waals surface area contributed by atoms with Gasteiger partial charge in [-0.2, -0.15) is 10.5 Å². The molecule has 0 aliphatic rings. The van der Waals surface area contributed by atoms with Gasteiger partial charge in [-0.15, -0.1) is 0 Å². The van der Waals surface area contributed by atoms with Crippen LogP contribution in [-0.4, -0.2) is 36.5 Å². The van der Waals surface area contributed by atoms with Crippen molar-refractivity contribution >= 4 is 5.91 Å². The van der Waals surface area contributed by atoms with Crippen LogP contribution in [0.15, 0.2) is 0 Å². The summed E-state index contributed by atoms with van der Waals surface area (Å²) in [6.07, 6.45) is 1.04. The summed E-state index contributed by atoms with van der Waals surface area (Å²) in [4.78, 5) is 13.4. The lowest BCUT2D eigenvalue weighted by Crippen LogP contribution is -2.35. The number of amides is 1. The largest absolute Gasteiger partial charge is 0.341 e. The Morgan fingerprint density at radius 1 is 1.24 bits per heavy atom. The van der Waals surface area contributed by atoms with E-state index in [4.69, 9.17) is 10.5 Å². The molecule has 0 heterocycles. The van der Waals surface area contributed by atoms with Gasteiger partial charge in [0.2, 0.25) is 5.91 Å². The van der Waals surface area contributed by atoms with Gasteiger partial charge in [-0.3, -0.25) is 4.79 Å². The number of carbonyl (C=O) groups is 1. The molecule has 0 spiro atoms. The highest BCUT2D eigenvalue weighted by molar-refractivity contribution is 5.76. The standard InChI is InChI=1S/C12H20N4O/c1-11(2)15-8-5-12(17)16(9-3-6-13)10-4-7-14/h11,15H,3-5,8-10H2,1-2H3. The highest BCUT2D eigenvalue weighted by Crippen LogP contribution is 1.98. The first-order valence-electron chi connectivity index (χ1n) is 5.86. The highest BCUT2D eigenvalue weighted by Gasteiger charge is 2.12. The maximum atomic E-state index is 11.8. The molecule has 1 N–H and O–H groups in total. The molecule has 0 unspecified atom stereocenters. The quantitative estimate of drug-likeness (QED) is 0.682. The van der Waals surface area contributed by atoms with Crippen molar-refractivity contribution < 1.29 is 4.79 Å². The molecule has 0 rings (SSSR count). The number of rotatable bonds is 8. The second kappa shape index (κ2) is 9.62. The minimum atomic E-state index is 0.00338. The van der Waals surface area contributed by atoms with E-state index in [0.29, 0.717) is 44.9 Å². The lowest BCUT2D eigenvalue weighted by molar-refractivity contribution is -0.131. The van der Waals surface area contributed by atoms with Gasteiger partial charge in [0.05, 0.1) is 25.0 Å². The molecule has 0 aromatic carbocycles. The number of hydrogen-bond donors (Lipinski definition) is 1. The molecule has 0 aromatic rings. The van der Waals surface area contributed by atoms with E-state index in [-0.39, 0.29) is 5.91 Å². The Hall–Kier alpha value is -1.59. The molecule has 1 amide bonds. The smallest absolute Gasteiger partial charge is 0.223 e. The third-order valence-corrected chi connectivity index (χ3v) is 2.23. The van der Waals surface area contributed by atoms with Crippen LogP contribution in [0.2, 0.25) is 0 Å². The van der Waals surface area contributed by atoms with Crippen LogP contribution >= 0.6 is 0 Å². The topological polar surface area (TPSA) is 79.9 Å². The van der Waals surface area contributed by atoms with Crippen LogP contribution < -0.4 is 5.32 Å². The Balaban J connectivity index is 4.04. The second-order valence-corrected chi connectivity index (χ2v) is 4.06. The Labute approximate surface area is 103 Å². The third-order valence-electron chi connectivity index (χ3n) is 2.23. The van der Waals surface area contributed by atoms with E-state index in [2.05, 4.69) is 5.32 Å². The molecule has 0 fully saturated rings. The van der Waals surface area contributed by atoms with Gasteiger partial charge in [0.25, 0.3) is 0 Å². The van der Waals surface area contributed by atoms with Crippen molar-refractivity contribution in [3.63, 3.8) is 0 Å². The molecule has 0 atom stereocenters. The van der Waals surface area contributed by atoms with Gasteiger partial charge < -0.3 is 10.2 Å². The monoisotopic (exact) mass is 236 g/mol. The van der Waals surface area contributed by atoms with Crippen molar-refractivity contribution in [2.24, 2.45) is 0 Å². The van der Waals surface area contributed by atoms with Crippen LogP contribution in [0.4, 0.5) is 0 Å². The average Bonchev–Trinajstić information content (AvgIpc) is 2.28. The minimum absolute atomic E-state index is 0.00338. The zero-order valence-electron chi connectivity index (χ0n) is 10.6. The molecular weight excluding hydrogens is 216 g/mol. The number of nitriles is 2. The Kier molecular flexibility index (Phi) is 8.72. The maximum Gasteiger partial charge on any atom is 0.223 e. The lowest BCUT2D eigenvalue weighted by Gasteiger charge is -2.20. The first kappa shape index (κ1) is 15.4. The fourth-order valence-corrected chi connectivity index (χ4v) is 1.36. The Morgan fingerprint density at radius 3 is 2.18 bits per heavy atom. The van der Waals surface area contributed by atoms with Gasteiger partial charge in [0.15, 0.2) is 0 Å². The lowest BCUT2D eigenvalue weighted by atomic mass is 10.3. The van der Waals surface area contributed by atoms with Crippen LogP contribution in [0.3, 0.4) is 0 Å². The van der Waals surface area contributed by atoms with Crippen molar-refractivity contribution in [3.8, 4) is 12.1 Å². The summed E-state index contributed by atoms with van der Waals surface area (Å²) in [5.41, 5.74) is 0. The molecule has 0 aromatic heterocycles. The maximum absolute atomic E-state index is 11.8.